The van der Waals surface area contributed by atoms with Gasteiger partial charge in [-0.25, -0.2) is 9.59 Å². The maximum Gasteiger partial charge on any atom is 0.407 e. The summed E-state index contributed by atoms with van der Waals surface area (Å²) in [6.45, 7) is -0.0594. The number of fused-ring (bicyclic) bond motifs is 3. The van der Waals surface area contributed by atoms with Crippen LogP contribution in [0.2, 0.25) is 0 Å². The Kier molecular flexibility index (Phi) is 6.01. The molecule has 184 valence electrons. The summed E-state index contributed by atoms with van der Waals surface area (Å²) >= 11 is 0. The lowest BCUT2D eigenvalue weighted by Crippen LogP contribution is -2.50. The lowest BCUT2D eigenvalue weighted by molar-refractivity contribution is -0.143. The molecular weight excluding hydrogens is 448 g/mol. The summed E-state index contributed by atoms with van der Waals surface area (Å²) in [5, 5.41) is 23.8. The van der Waals surface area contributed by atoms with E-state index in [9.17, 15) is 19.5 Å². The van der Waals surface area contributed by atoms with Crippen molar-refractivity contribution in [2.24, 2.45) is 10.8 Å². The van der Waals surface area contributed by atoms with Crippen molar-refractivity contribution in [3.8, 4) is 11.1 Å². The first kappa shape index (κ1) is 23.4. The highest BCUT2D eigenvalue weighted by molar-refractivity contribution is 5.91. The zero-order chi connectivity index (χ0) is 24.6. The highest BCUT2D eigenvalue weighted by Crippen LogP contribution is 2.73. The molecule has 2 amide bonds. The van der Waals surface area contributed by atoms with E-state index in [2.05, 4.69) is 34.9 Å². The molecule has 0 bridgehead atoms. The van der Waals surface area contributed by atoms with Crippen molar-refractivity contribution in [1.82, 2.24) is 10.6 Å². The van der Waals surface area contributed by atoms with Crippen LogP contribution in [-0.4, -0.2) is 54.0 Å². The van der Waals surface area contributed by atoms with Crippen LogP contribution >= 0.6 is 0 Å². The fourth-order valence-electron chi connectivity index (χ4n) is 6.00. The number of alkyl carbamates (subject to hydrolysis) is 1. The van der Waals surface area contributed by atoms with Crippen molar-refractivity contribution in [1.29, 1.82) is 0 Å². The molecule has 2 fully saturated rings. The Bertz CT molecular complexity index is 1110. The summed E-state index contributed by atoms with van der Waals surface area (Å²) in [6.07, 6.45) is 2.73. The quantitative estimate of drug-likeness (QED) is 0.439. The van der Waals surface area contributed by atoms with Gasteiger partial charge in [0.2, 0.25) is 5.91 Å². The molecule has 0 heterocycles. The molecule has 0 saturated heterocycles. The third-order valence-electron chi connectivity index (χ3n) is 8.18. The van der Waals surface area contributed by atoms with Crippen LogP contribution in [-0.2, 0) is 14.3 Å². The number of carbonyl (C=O) groups is 3. The Balaban J connectivity index is 1.22. The van der Waals surface area contributed by atoms with E-state index in [1.165, 1.54) is 0 Å². The van der Waals surface area contributed by atoms with Crippen LogP contribution in [0.3, 0.4) is 0 Å². The Hall–Kier alpha value is -3.39. The second kappa shape index (κ2) is 9.00. The minimum Gasteiger partial charge on any atom is -0.480 e. The van der Waals surface area contributed by atoms with Gasteiger partial charge in [-0.3, -0.25) is 4.79 Å². The number of aliphatic hydroxyl groups excluding tert-OH is 1. The van der Waals surface area contributed by atoms with Gasteiger partial charge in [-0.1, -0.05) is 55.0 Å². The molecule has 3 aliphatic carbocycles. The second-order valence-electron chi connectivity index (χ2n) is 9.95. The number of hydrogen-bond donors (Lipinski definition) is 4. The number of amides is 2. The molecule has 0 aliphatic heterocycles. The van der Waals surface area contributed by atoms with Gasteiger partial charge in [0.15, 0.2) is 0 Å². The van der Waals surface area contributed by atoms with Crippen LogP contribution in [0.25, 0.3) is 11.1 Å². The number of carboxylic acids is 1. The summed E-state index contributed by atoms with van der Waals surface area (Å²) < 4.78 is 5.61. The molecular formula is C27H30N2O6. The molecule has 2 aromatic rings. The second-order valence-corrected chi connectivity index (χ2v) is 9.95. The van der Waals surface area contributed by atoms with E-state index in [4.69, 9.17) is 9.84 Å². The van der Waals surface area contributed by atoms with Crippen LogP contribution in [0.5, 0.6) is 0 Å². The monoisotopic (exact) mass is 478 g/mol. The lowest BCUT2D eigenvalue weighted by atomic mass is 9.74. The number of ether oxygens (including phenoxy) is 1. The maximum absolute atomic E-state index is 13.1. The molecule has 35 heavy (non-hydrogen) atoms. The third kappa shape index (κ3) is 3.95. The molecule has 2 aromatic carbocycles. The molecule has 1 unspecified atom stereocenters. The predicted octanol–water partition coefficient (Wildman–Crippen LogP) is 3.04. The molecule has 2 saturated carbocycles. The van der Waals surface area contributed by atoms with Crippen molar-refractivity contribution < 1.29 is 29.3 Å². The summed E-state index contributed by atoms with van der Waals surface area (Å²) in [6, 6.07) is 15.0. The first-order valence-electron chi connectivity index (χ1n) is 12.1. The Morgan fingerprint density at radius 3 is 2.17 bits per heavy atom. The number of hydrogen-bond acceptors (Lipinski definition) is 5. The van der Waals surface area contributed by atoms with Crippen LogP contribution in [0, 0.1) is 10.8 Å². The van der Waals surface area contributed by atoms with Gasteiger partial charge in [-0.05, 0) is 46.9 Å². The van der Waals surface area contributed by atoms with E-state index in [-0.39, 0.29) is 43.4 Å². The maximum atomic E-state index is 13.1. The van der Waals surface area contributed by atoms with E-state index in [1.54, 1.807) is 0 Å². The van der Waals surface area contributed by atoms with Crippen LogP contribution in [0.15, 0.2) is 48.5 Å². The minimum absolute atomic E-state index is 0.0564. The van der Waals surface area contributed by atoms with Gasteiger partial charge in [0.1, 0.15) is 12.6 Å². The van der Waals surface area contributed by atoms with Gasteiger partial charge >= 0.3 is 12.1 Å². The number of aliphatic hydroxyl groups is 1. The molecule has 5 rings (SSSR count). The molecule has 2 atom stereocenters. The van der Waals surface area contributed by atoms with Crippen LogP contribution in [0.4, 0.5) is 4.79 Å². The molecule has 3 aliphatic rings. The van der Waals surface area contributed by atoms with Crippen LogP contribution < -0.4 is 10.6 Å². The zero-order valence-corrected chi connectivity index (χ0v) is 19.5. The molecule has 8 nitrogen and oxygen atoms in total. The van der Waals surface area contributed by atoms with Crippen molar-refractivity contribution in [2.75, 3.05) is 19.8 Å². The van der Waals surface area contributed by atoms with Gasteiger partial charge in [0.05, 0.1) is 5.41 Å². The first-order valence-corrected chi connectivity index (χ1v) is 12.1. The number of rotatable bonds is 9. The van der Waals surface area contributed by atoms with Gasteiger partial charge in [0.25, 0.3) is 0 Å². The van der Waals surface area contributed by atoms with E-state index in [0.717, 1.165) is 41.5 Å². The predicted molar refractivity (Wildman–Crippen MR) is 128 cm³/mol. The molecule has 1 spiro atoms. The van der Waals surface area contributed by atoms with Gasteiger partial charge in [0, 0.05) is 25.5 Å². The molecule has 0 radical (unpaired) electrons. The van der Waals surface area contributed by atoms with E-state index < -0.39 is 23.5 Å². The fraction of sp³-hybridized carbons (Fsp3) is 0.444. The normalized spacial score (nSPS) is 21.9. The largest absolute Gasteiger partial charge is 0.480 e. The van der Waals surface area contributed by atoms with E-state index in [1.807, 2.05) is 24.3 Å². The number of carboxylic acid groups (broad SMARTS) is 1. The summed E-state index contributed by atoms with van der Waals surface area (Å²) in [4.78, 5) is 37.3. The summed E-state index contributed by atoms with van der Waals surface area (Å²) in [7, 11) is 0. The number of aliphatic carboxylic acids is 1. The lowest BCUT2D eigenvalue weighted by Gasteiger charge is -2.33. The summed E-state index contributed by atoms with van der Waals surface area (Å²) in [5.74, 6) is -1.62. The van der Waals surface area contributed by atoms with E-state index in [0.29, 0.717) is 6.42 Å². The van der Waals surface area contributed by atoms with Gasteiger partial charge in [-0.15, -0.1) is 0 Å². The van der Waals surface area contributed by atoms with Crippen molar-refractivity contribution >= 4 is 18.0 Å². The Morgan fingerprint density at radius 1 is 1.03 bits per heavy atom. The minimum atomic E-state index is -1.18. The molecule has 4 N–H and O–H groups in total. The molecule has 0 aromatic heterocycles. The molecule has 8 heteroatoms. The summed E-state index contributed by atoms with van der Waals surface area (Å²) in [5.41, 5.74) is 3.52. The Labute approximate surface area is 203 Å². The zero-order valence-electron chi connectivity index (χ0n) is 19.5. The number of benzene rings is 2. The van der Waals surface area contributed by atoms with Crippen molar-refractivity contribution in [3.05, 3.63) is 59.7 Å². The van der Waals surface area contributed by atoms with Gasteiger partial charge in [-0.2, -0.15) is 0 Å². The smallest absolute Gasteiger partial charge is 0.407 e. The SMILES string of the molecule is O=C(NCC1(C(=O)N[C@H](CCO)C(=O)O)CC12CCC2)OCC1c2ccccc2-c2ccccc21. The number of carbonyl (C=O) groups excluding carboxylic acids is 2. The number of nitrogens with one attached hydrogen (secondary N) is 2. The Morgan fingerprint density at radius 2 is 1.66 bits per heavy atom. The first-order chi connectivity index (χ1) is 16.9. The topological polar surface area (TPSA) is 125 Å². The average Bonchev–Trinajstić information content (AvgIpc) is 3.45. The van der Waals surface area contributed by atoms with Crippen molar-refractivity contribution in [2.45, 2.75) is 44.1 Å². The van der Waals surface area contributed by atoms with E-state index >= 15 is 0 Å². The third-order valence-corrected chi connectivity index (χ3v) is 8.18. The van der Waals surface area contributed by atoms with Crippen LogP contribution in [0.1, 0.15) is 49.1 Å². The van der Waals surface area contributed by atoms with Gasteiger partial charge < -0.3 is 25.6 Å². The highest BCUT2D eigenvalue weighted by atomic mass is 16.5. The average molecular weight is 479 g/mol. The fourth-order valence-corrected chi connectivity index (χ4v) is 6.00. The highest BCUT2D eigenvalue weighted by Gasteiger charge is 2.73. The van der Waals surface area contributed by atoms with Crippen molar-refractivity contribution in [3.63, 3.8) is 0 Å². The standard InChI is InChI=1S/C27H30N2O6/c30-13-10-22(23(31)32)29-24(33)27(15-26(27)11-5-12-26)16-28-25(34)35-14-21-19-8-3-1-6-17(19)18-7-2-4-9-20(18)21/h1-4,6-9,21-22,30H,5,10-16H2,(H,28,34)(H,29,33)(H,31,32)/t22-,27?/m1/s1.